The van der Waals surface area contributed by atoms with Gasteiger partial charge in [-0.05, 0) is 48.9 Å². The summed E-state index contributed by atoms with van der Waals surface area (Å²) in [5.41, 5.74) is 0.817. The van der Waals surface area contributed by atoms with Crippen LogP contribution in [0, 0.1) is 11.7 Å². The van der Waals surface area contributed by atoms with Crippen molar-refractivity contribution in [1.82, 2.24) is 10.2 Å². The SMILES string of the molecule is CN1C=C(c2cc(NS(=O)(=O)CC(F)(F)F)ccc2Oc2ccccc2F)C2CCNC2C1=O. The number of benzene rings is 2. The molecule has 4 rings (SSSR count). The quantitative estimate of drug-likeness (QED) is 0.592. The van der Waals surface area contributed by atoms with E-state index in [1.54, 1.807) is 19.3 Å². The van der Waals surface area contributed by atoms with E-state index in [2.05, 4.69) is 5.32 Å². The van der Waals surface area contributed by atoms with Crippen LogP contribution in [0.5, 0.6) is 11.5 Å². The van der Waals surface area contributed by atoms with Crippen molar-refractivity contribution >= 4 is 27.2 Å². The van der Waals surface area contributed by atoms with Crippen LogP contribution in [0.3, 0.4) is 0 Å². The van der Waals surface area contributed by atoms with Gasteiger partial charge < -0.3 is 15.0 Å². The first-order valence-corrected chi connectivity index (χ1v) is 11.9. The monoisotopic (exact) mass is 499 g/mol. The Balaban J connectivity index is 1.78. The molecule has 0 bridgehead atoms. The van der Waals surface area contributed by atoms with Crippen LogP contribution in [0.25, 0.3) is 5.57 Å². The third-order valence-electron chi connectivity index (χ3n) is 5.54. The molecule has 0 aliphatic carbocycles. The number of carbonyl (C=O) groups excluding carboxylic acids is 1. The van der Waals surface area contributed by atoms with Gasteiger partial charge >= 0.3 is 6.18 Å². The highest BCUT2D eigenvalue weighted by Crippen LogP contribution is 2.42. The summed E-state index contributed by atoms with van der Waals surface area (Å²) in [6, 6.07) is 9.06. The van der Waals surface area contributed by atoms with Crippen molar-refractivity contribution in [2.75, 3.05) is 24.1 Å². The minimum atomic E-state index is -4.92. The van der Waals surface area contributed by atoms with Crippen molar-refractivity contribution in [3.8, 4) is 11.5 Å². The predicted octanol–water partition coefficient (Wildman–Crippen LogP) is 3.71. The van der Waals surface area contributed by atoms with Gasteiger partial charge in [0.2, 0.25) is 15.9 Å². The van der Waals surface area contributed by atoms with E-state index in [0.717, 1.165) is 0 Å². The van der Waals surface area contributed by atoms with Crippen LogP contribution in [-0.4, -0.2) is 50.8 Å². The van der Waals surface area contributed by atoms with Crippen LogP contribution < -0.4 is 14.8 Å². The molecule has 0 saturated carbocycles. The Morgan fingerprint density at radius 2 is 1.91 bits per heavy atom. The largest absolute Gasteiger partial charge is 0.454 e. The number of rotatable bonds is 6. The molecule has 2 heterocycles. The van der Waals surface area contributed by atoms with E-state index < -0.39 is 33.8 Å². The molecular formula is C22H21F4N3O4S. The lowest BCUT2D eigenvalue weighted by molar-refractivity contribution is -0.130. The van der Waals surface area contributed by atoms with Crippen LogP contribution in [0.2, 0.25) is 0 Å². The molecule has 0 radical (unpaired) electrons. The molecular weight excluding hydrogens is 478 g/mol. The normalized spacial score (nSPS) is 20.7. The van der Waals surface area contributed by atoms with Gasteiger partial charge in [0.25, 0.3) is 0 Å². The molecule has 2 N–H and O–H groups in total. The zero-order chi connectivity index (χ0) is 24.7. The van der Waals surface area contributed by atoms with Gasteiger partial charge in [-0.1, -0.05) is 12.1 Å². The van der Waals surface area contributed by atoms with Crippen LogP contribution >= 0.6 is 0 Å². The number of sulfonamides is 1. The highest BCUT2D eigenvalue weighted by atomic mass is 32.2. The fraction of sp³-hybridized carbons (Fsp3) is 0.318. The van der Waals surface area contributed by atoms with Crippen LogP contribution in [-0.2, 0) is 14.8 Å². The van der Waals surface area contributed by atoms with Crippen molar-refractivity contribution in [2.45, 2.75) is 18.6 Å². The second-order valence-corrected chi connectivity index (χ2v) is 9.80. The summed E-state index contributed by atoms with van der Waals surface area (Å²) in [5.74, 6) is -3.04. The van der Waals surface area contributed by atoms with E-state index in [0.29, 0.717) is 24.1 Å². The van der Waals surface area contributed by atoms with E-state index >= 15 is 0 Å². The van der Waals surface area contributed by atoms with Gasteiger partial charge in [-0.2, -0.15) is 13.2 Å². The predicted molar refractivity (Wildman–Crippen MR) is 117 cm³/mol. The fourth-order valence-electron chi connectivity index (χ4n) is 4.14. The Morgan fingerprint density at radius 3 is 2.62 bits per heavy atom. The maximum absolute atomic E-state index is 14.2. The van der Waals surface area contributed by atoms with Gasteiger partial charge in [0.05, 0.1) is 6.04 Å². The van der Waals surface area contributed by atoms with Crippen molar-refractivity contribution in [3.05, 3.63) is 60.0 Å². The maximum Gasteiger partial charge on any atom is 0.404 e. The number of halogens is 4. The smallest absolute Gasteiger partial charge is 0.404 e. The highest BCUT2D eigenvalue weighted by Gasteiger charge is 2.41. The van der Waals surface area contributed by atoms with Crippen LogP contribution in [0.1, 0.15) is 12.0 Å². The molecule has 12 heteroatoms. The van der Waals surface area contributed by atoms with Crippen LogP contribution in [0.15, 0.2) is 48.7 Å². The van der Waals surface area contributed by atoms with Gasteiger partial charge in [0, 0.05) is 30.4 Å². The Bertz CT molecular complexity index is 1250. The molecule has 0 aromatic heterocycles. The number of fused-ring (bicyclic) bond motifs is 1. The maximum atomic E-state index is 14.2. The van der Waals surface area contributed by atoms with E-state index in [4.69, 9.17) is 4.74 Å². The molecule has 34 heavy (non-hydrogen) atoms. The molecule has 2 atom stereocenters. The number of alkyl halides is 3. The number of para-hydroxylation sites is 1. The van der Waals surface area contributed by atoms with E-state index in [9.17, 15) is 30.8 Å². The molecule has 2 aliphatic rings. The molecule has 7 nitrogen and oxygen atoms in total. The Morgan fingerprint density at radius 1 is 1.18 bits per heavy atom. The van der Waals surface area contributed by atoms with Gasteiger partial charge in [0.1, 0.15) is 5.75 Å². The van der Waals surface area contributed by atoms with Gasteiger partial charge in [0.15, 0.2) is 17.3 Å². The number of nitrogens with one attached hydrogen (secondary N) is 2. The summed E-state index contributed by atoms with van der Waals surface area (Å²) in [5, 5.41) is 3.13. The third-order valence-corrected chi connectivity index (χ3v) is 6.80. The number of ether oxygens (including phenoxy) is 1. The number of anilines is 1. The summed E-state index contributed by atoms with van der Waals surface area (Å²) in [4.78, 5) is 13.9. The first kappa shape index (κ1) is 24.0. The highest BCUT2D eigenvalue weighted by molar-refractivity contribution is 7.92. The Labute approximate surface area is 193 Å². The molecule has 0 spiro atoms. The number of hydrogen-bond acceptors (Lipinski definition) is 5. The molecule has 1 saturated heterocycles. The number of likely N-dealkylation sites (N-methyl/N-ethyl adjacent to an activating group) is 1. The molecule has 2 unspecified atom stereocenters. The second kappa shape index (κ2) is 8.91. The average molecular weight is 499 g/mol. The van der Waals surface area contributed by atoms with Gasteiger partial charge in [-0.25, -0.2) is 12.8 Å². The molecule has 1 amide bonds. The van der Waals surface area contributed by atoms with Gasteiger partial charge in [-0.15, -0.1) is 0 Å². The topological polar surface area (TPSA) is 87.7 Å². The minimum Gasteiger partial charge on any atom is -0.454 e. The number of carbonyl (C=O) groups is 1. The third kappa shape index (κ3) is 5.17. The molecule has 2 aromatic carbocycles. The second-order valence-electron chi connectivity index (χ2n) is 8.08. The van der Waals surface area contributed by atoms with E-state index in [1.165, 1.54) is 41.3 Å². The summed E-state index contributed by atoms with van der Waals surface area (Å²) in [6.07, 6.45) is -2.74. The zero-order valence-corrected chi connectivity index (χ0v) is 18.7. The van der Waals surface area contributed by atoms with Crippen molar-refractivity contribution in [1.29, 1.82) is 0 Å². The number of hydrogen-bond donors (Lipinski definition) is 2. The van der Waals surface area contributed by atoms with Crippen molar-refractivity contribution < 1.29 is 35.5 Å². The number of amides is 1. The molecule has 182 valence electrons. The Kier molecular flexibility index (Phi) is 6.30. The summed E-state index contributed by atoms with van der Waals surface area (Å²) in [6.45, 7) is 0.563. The molecule has 1 fully saturated rings. The lowest BCUT2D eigenvalue weighted by Gasteiger charge is -2.32. The zero-order valence-electron chi connectivity index (χ0n) is 17.9. The minimum absolute atomic E-state index is 0.0870. The fourth-order valence-corrected chi connectivity index (χ4v) is 5.13. The van der Waals surface area contributed by atoms with E-state index in [1.807, 2.05) is 4.72 Å². The van der Waals surface area contributed by atoms with E-state index in [-0.39, 0.29) is 29.0 Å². The van der Waals surface area contributed by atoms with Crippen molar-refractivity contribution in [2.24, 2.45) is 5.92 Å². The van der Waals surface area contributed by atoms with Crippen LogP contribution in [0.4, 0.5) is 23.2 Å². The van der Waals surface area contributed by atoms with Gasteiger partial charge in [-0.3, -0.25) is 9.52 Å². The summed E-state index contributed by atoms with van der Waals surface area (Å²) in [7, 11) is -3.17. The standard InChI is InChI=1S/C22H21F4N3O4S/c1-29-11-16(14-8-9-27-20(14)21(29)30)15-10-13(28-34(31,32)12-22(24,25)26)6-7-18(15)33-19-5-3-2-4-17(19)23/h2-7,10-11,14,20,27-28H,8-9,12H2,1H3. The number of nitrogens with zero attached hydrogens (tertiary/aromatic N) is 1. The molecule has 2 aromatic rings. The molecule has 2 aliphatic heterocycles. The summed E-state index contributed by atoms with van der Waals surface area (Å²) < 4.78 is 84.0. The first-order chi connectivity index (χ1) is 15.9. The Hall–Kier alpha value is -3.12. The lowest BCUT2D eigenvalue weighted by atomic mass is 9.84. The average Bonchev–Trinajstić information content (AvgIpc) is 3.21. The lowest BCUT2D eigenvalue weighted by Crippen LogP contribution is -2.46. The van der Waals surface area contributed by atoms with Crippen molar-refractivity contribution in [3.63, 3.8) is 0 Å². The first-order valence-electron chi connectivity index (χ1n) is 10.3. The summed E-state index contributed by atoms with van der Waals surface area (Å²) >= 11 is 0.